The monoisotopic (exact) mass is 325 g/mol. The molecule has 1 rings (SSSR count). The number of rotatable bonds is 7. The minimum Gasteiger partial charge on any atom is -0.467 e. The summed E-state index contributed by atoms with van der Waals surface area (Å²) in [6.45, 7) is 1.79. The molecule has 0 spiro atoms. The number of ether oxygens (including phenoxy) is 1. The van der Waals surface area contributed by atoms with Crippen molar-refractivity contribution in [2.45, 2.75) is 25.8 Å². The smallest absolute Gasteiger partial charge is 0.328 e. The van der Waals surface area contributed by atoms with Crippen molar-refractivity contribution in [3.63, 3.8) is 0 Å². The molecule has 0 aliphatic carbocycles. The van der Waals surface area contributed by atoms with Crippen LogP contribution in [0, 0.1) is 20.2 Å². The van der Waals surface area contributed by atoms with Gasteiger partial charge < -0.3 is 10.1 Å². The Morgan fingerprint density at radius 3 is 2.09 bits per heavy atom. The SMILES string of the molecule is CCC[C@H](NC(=O)c1cc([N+](=O)[O-])cc([N+](=O)[O-])c1)C(=O)OC. The average Bonchev–Trinajstić information content (AvgIpc) is 2.52. The number of amides is 1. The van der Waals surface area contributed by atoms with E-state index in [1.54, 1.807) is 6.92 Å². The minimum absolute atomic E-state index is 0.282. The second-order valence-electron chi connectivity index (χ2n) is 4.59. The second-order valence-corrected chi connectivity index (χ2v) is 4.59. The number of carbonyl (C=O) groups excluding carboxylic acids is 2. The number of nitrogens with one attached hydrogen (secondary N) is 1. The van der Waals surface area contributed by atoms with Gasteiger partial charge in [-0.15, -0.1) is 0 Å². The fourth-order valence-corrected chi connectivity index (χ4v) is 1.86. The van der Waals surface area contributed by atoms with Crippen molar-refractivity contribution < 1.29 is 24.2 Å². The number of carbonyl (C=O) groups is 2. The Morgan fingerprint density at radius 1 is 1.17 bits per heavy atom. The second kappa shape index (κ2) is 7.82. The first-order chi connectivity index (χ1) is 10.8. The number of methoxy groups -OCH3 is 1. The summed E-state index contributed by atoms with van der Waals surface area (Å²) in [7, 11) is 1.16. The van der Waals surface area contributed by atoms with Gasteiger partial charge >= 0.3 is 5.97 Å². The zero-order valence-electron chi connectivity index (χ0n) is 12.5. The molecule has 0 aromatic heterocycles. The summed E-state index contributed by atoms with van der Waals surface area (Å²) < 4.78 is 4.56. The molecule has 0 bridgehead atoms. The van der Waals surface area contributed by atoms with E-state index in [1.807, 2.05) is 0 Å². The van der Waals surface area contributed by atoms with Crippen LogP contribution < -0.4 is 5.32 Å². The van der Waals surface area contributed by atoms with Crippen LogP contribution in [-0.2, 0) is 9.53 Å². The molecule has 0 aliphatic heterocycles. The number of hydrogen-bond acceptors (Lipinski definition) is 7. The fourth-order valence-electron chi connectivity index (χ4n) is 1.86. The van der Waals surface area contributed by atoms with Crippen LogP contribution in [0.2, 0.25) is 0 Å². The van der Waals surface area contributed by atoms with E-state index in [1.165, 1.54) is 0 Å². The Labute approximate surface area is 130 Å². The summed E-state index contributed by atoms with van der Waals surface area (Å²) in [4.78, 5) is 43.6. The number of non-ortho nitro benzene ring substituents is 2. The number of nitro groups is 2. The number of esters is 1. The van der Waals surface area contributed by atoms with Crippen LogP contribution in [0.4, 0.5) is 11.4 Å². The Kier molecular flexibility index (Phi) is 6.13. The predicted molar refractivity (Wildman–Crippen MR) is 77.9 cm³/mol. The standard InChI is InChI=1S/C13H15N3O7/c1-3-4-11(13(18)23-2)14-12(17)8-5-9(15(19)20)7-10(6-8)16(21)22/h5-7,11H,3-4H2,1-2H3,(H,14,17)/t11-/m0/s1. The molecule has 1 amide bonds. The van der Waals surface area contributed by atoms with Crippen molar-refractivity contribution in [1.29, 1.82) is 0 Å². The van der Waals surface area contributed by atoms with Gasteiger partial charge in [-0.3, -0.25) is 25.0 Å². The molecule has 0 aliphatic rings. The molecule has 10 heteroatoms. The number of hydrogen-bond donors (Lipinski definition) is 1. The largest absolute Gasteiger partial charge is 0.467 e. The summed E-state index contributed by atoms with van der Waals surface area (Å²) >= 11 is 0. The molecule has 10 nitrogen and oxygen atoms in total. The third-order valence-electron chi connectivity index (χ3n) is 2.95. The molecule has 0 radical (unpaired) electrons. The molecule has 1 aromatic rings. The van der Waals surface area contributed by atoms with E-state index in [0.717, 1.165) is 25.3 Å². The van der Waals surface area contributed by atoms with Crippen molar-refractivity contribution >= 4 is 23.3 Å². The van der Waals surface area contributed by atoms with Crippen LogP contribution in [0.25, 0.3) is 0 Å². The van der Waals surface area contributed by atoms with Crippen LogP contribution >= 0.6 is 0 Å². The van der Waals surface area contributed by atoms with Gasteiger partial charge in [0.15, 0.2) is 0 Å². The van der Waals surface area contributed by atoms with E-state index in [9.17, 15) is 29.8 Å². The lowest BCUT2D eigenvalue weighted by molar-refractivity contribution is -0.394. The van der Waals surface area contributed by atoms with Crippen LogP contribution in [0.5, 0.6) is 0 Å². The third-order valence-corrected chi connectivity index (χ3v) is 2.95. The first-order valence-electron chi connectivity index (χ1n) is 6.62. The molecular weight excluding hydrogens is 310 g/mol. The zero-order chi connectivity index (χ0) is 17.6. The molecule has 0 saturated heterocycles. The quantitative estimate of drug-likeness (QED) is 0.455. The maximum Gasteiger partial charge on any atom is 0.328 e. The molecule has 1 N–H and O–H groups in total. The molecule has 1 atom stereocenters. The Bertz CT molecular complexity index is 612. The summed E-state index contributed by atoms with van der Waals surface area (Å²) in [5, 5.41) is 24.0. The Hall–Kier alpha value is -3.04. The van der Waals surface area contributed by atoms with Gasteiger partial charge in [-0.2, -0.15) is 0 Å². The molecule has 0 heterocycles. The lowest BCUT2D eigenvalue weighted by atomic mass is 10.1. The van der Waals surface area contributed by atoms with E-state index in [4.69, 9.17) is 0 Å². The highest BCUT2D eigenvalue weighted by atomic mass is 16.6. The van der Waals surface area contributed by atoms with Gasteiger partial charge in [-0.05, 0) is 6.42 Å². The third kappa shape index (κ3) is 4.73. The highest BCUT2D eigenvalue weighted by Crippen LogP contribution is 2.22. The normalized spacial score (nSPS) is 11.4. The lowest BCUT2D eigenvalue weighted by Crippen LogP contribution is -2.41. The van der Waals surface area contributed by atoms with E-state index in [-0.39, 0.29) is 5.56 Å². The van der Waals surface area contributed by atoms with Crippen molar-refractivity contribution in [2.24, 2.45) is 0 Å². The first-order valence-corrected chi connectivity index (χ1v) is 6.62. The van der Waals surface area contributed by atoms with Crippen LogP contribution in [-0.4, -0.2) is 34.9 Å². The fraction of sp³-hybridized carbons (Fsp3) is 0.385. The number of nitro benzene ring substituents is 2. The number of benzene rings is 1. The topological polar surface area (TPSA) is 142 Å². The van der Waals surface area contributed by atoms with Crippen LogP contribution in [0.15, 0.2) is 18.2 Å². The molecule has 23 heavy (non-hydrogen) atoms. The molecular formula is C13H15N3O7. The van der Waals surface area contributed by atoms with Crippen LogP contribution in [0.3, 0.4) is 0 Å². The van der Waals surface area contributed by atoms with Crippen molar-refractivity contribution in [1.82, 2.24) is 5.32 Å². The van der Waals surface area contributed by atoms with E-state index < -0.39 is 39.1 Å². The van der Waals surface area contributed by atoms with E-state index in [2.05, 4.69) is 10.1 Å². The van der Waals surface area contributed by atoms with E-state index in [0.29, 0.717) is 12.8 Å². The molecule has 0 fully saturated rings. The Balaban J connectivity index is 3.13. The highest BCUT2D eigenvalue weighted by molar-refractivity contribution is 5.97. The minimum atomic E-state index is -0.934. The van der Waals surface area contributed by atoms with E-state index >= 15 is 0 Å². The first kappa shape index (κ1) is 18.0. The molecule has 124 valence electrons. The van der Waals surface area contributed by atoms with Gasteiger partial charge in [0, 0.05) is 12.1 Å². The predicted octanol–water partition coefficient (Wildman–Crippen LogP) is 1.57. The lowest BCUT2D eigenvalue weighted by Gasteiger charge is -2.15. The summed E-state index contributed by atoms with van der Waals surface area (Å²) in [5.74, 6) is -1.50. The van der Waals surface area contributed by atoms with Gasteiger partial charge in [-0.1, -0.05) is 13.3 Å². The van der Waals surface area contributed by atoms with Gasteiger partial charge in [0.1, 0.15) is 6.04 Å². The zero-order valence-corrected chi connectivity index (χ0v) is 12.5. The average molecular weight is 325 g/mol. The maximum absolute atomic E-state index is 12.1. The van der Waals surface area contributed by atoms with Crippen molar-refractivity contribution in [3.8, 4) is 0 Å². The van der Waals surface area contributed by atoms with Gasteiger partial charge in [-0.25, -0.2) is 4.79 Å². The number of nitrogens with zero attached hydrogens (tertiary/aromatic N) is 2. The molecule has 1 aromatic carbocycles. The maximum atomic E-state index is 12.1. The van der Waals surface area contributed by atoms with Crippen LogP contribution in [0.1, 0.15) is 30.1 Å². The van der Waals surface area contributed by atoms with Gasteiger partial charge in [0.25, 0.3) is 17.3 Å². The van der Waals surface area contributed by atoms with Gasteiger partial charge in [0.2, 0.25) is 0 Å². The van der Waals surface area contributed by atoms with Crippen molar-refractivity contribution in [2.75, 3.05) is 7.11 Å². The summed E-state index contributed by atoms with van der Waals surface area (Å²) in [6.07, 6.45) is 0.880. The Morgan fingerprint density at radius 2 is 1.70 bits per heavy atom. The van der Waals surface area contributed by atoms with Crippen molar-refractivity contribution in [3.05, 3.63) is 44.0 Å². The van der Waals surface area contributed by atoms with Gasteiger partial charge in [0.05, 0.1) is 28.6 Å². The summed E-state index contributed by atoms with van der Waals surface area (Å²) in [6, 6.07) is 1.63. The highest BCUT2D eigenvalue weighted by Gasteiger charge is 2.24. The molecule has 0 saturated carbocycles. The molecule has 0 unspecified atom stereocenters. The summed E-state index contributed by atoms with van der Waals surface area (Å²) in [5.41, 5.74) is -1.46.